The predicted molar refractivity (Wildman–Crippen MR) is 59.1 cm³/mol. The molecule has 1 aromatic carbocycles. The number of nitrogens with zero attached hydrogens (tertiary/aromatic N) is 2. The van der Waals surface area contributed by atoms with Gasteiger partial charge in [0.25, 0.3) is 0 Å². The lowest BCUT2D eigenvalue weighted by atomic mass is 10.3. The first kappa shape index (κ1) is 9.86. The van der Waals surface area contributed by atoms with Gasteiger partial charge in [0.15, 0.2) is 5.75 Å². The molecular weight excluding hydrogens is 214 g/mol. The number of hydrogen-bond acceptors (Lipinski definition) is 3. The highest BCUT2D eigenvalue weighted by Crippen LogP contribution is 2.29. The van der Waals surface area contributed by atoms with Crippen LogP contribution in [0.15, 0.2) is 30.6 Å². The van der Waals surface area contributed by atoms with Crippen LogP contribution in [0.5, 0.6) is 11.8 Å². The van der Waals surface area contributed by atoms with Crippen molar-refractivity contribution in [1.82, 2.24) is 9.55 Å². The number of imidazole rings is 1. The summed E-state index contributed by atoms with van der Waals surface area (Å²) in [6.45, 7) is 0. The maximum Gasteiger partial charge on any atom is 0.301 e. The quantitative estimate of drug-likeness (QED) is 0.796. The maximum absolute atomic E-state index is 5.95. The third-order valence-corrected chi connectivity index (χ3v) is 2.25. The number of anilines is 1. The molecule has 15 heavy (non-hydrogen) atoms. The van der Waals surface area contributed by atoms with Crippen molar-refractivity contribution in [3.63, 3.8) is 0 Å². The molecule has 5 heteroatoms. The average Bonchev–Trinajstić information content (AvgIpc) is 2.58. The van der Waals surface area contributed by atoms with Crippen molar-refractivity contribution >= 4 is 17.3 Å². The monoisotopic (exact) mass is 223 g/mol. The van der Waals surface area contributed by atoms with E-state index < -0.39 is 0 Å². The van der Waals surface area contributed by atoms with Gasteiger partial charge in [-0.1, -0.05) is 11.6 Å². The zero-order valence-electron chi connectivity index (χ0n) is 8.14. The van der Waals surface area contributed by atoms with Gasteiger partial charge in [-0.3, -0.25) is 0 Å². The highest BCUT2D eigenvalue weighted by atomic mass is 35.5. The van der Waals surface area contributed by atoms with E-state index in [1.54, 1.807) is 35.2 Å². The lowest BCUT2D eigenvalue weighted by molar-refractivity contribution is 0.425. The number of hydrogen-bond donors (Lipinski definition) is 1. The molecule has 0 aliphatic heterocycles. The molecule has 0 bridgehead atoms. The standard InChI is InChI=1S/C10H10ClN3O/c1-14-5-4-13-10(14)15-9-6-7(12)2-3-8(9)11/h2-6H,12H2,1H3. The van der Waals surface area contributed by atoms with E-state index in [0.717, 1.165) is 0 Å². The summed E-state index contributed by atoms with van der Waals surface area (Å²) >= 11 is 5.95. The van der Waals surface area contributed by atoms with Crippen LogP contribution in [0.4, 0.5) is 5.69 Å². The van der Waals surface area contributed by atoms with Crippen molar-refractivity contribution in [3.05, 3.63) is 35.6 Å². The van der Waals surface area contributed by atoms with Gasteiger partial charge in [0.1, 0.15) is 0 Å². The summed E-state index contributed by atoms with van der Waals surface area (Å²) in [5.41, 5.74) is 6.23. The SMILES string of the molecule is Cn1ccnc1Oc1cc(N)ccc1Cl. The number of aromatic nitrogens is 2. The molecule has 0 spiro atoms. The minimum absolute atomic E-state index is 0.475. The molecule has 78 valence electrons. The van der Waals surface area contributed by atoms with Gasteiger partial charge < -0.3 is 15.0 Å². The minimum Gasteiger partial charge on any atom is -0.424 e. The molecule has 0 unspecified atom stereocenters. The minimum atomic E-state index is 0.475. The Hall–Kier alpha value is -1.68. The molecule has 2 N–H and O–H groups in total. The first-order valence-corrected chi connectivity index (χ1v) is 4.75. The normalized spacial score (nSPS) is 10.3. The summed E-state index contributed by atoms with van der Waals surface area (Å²) in [6, 6.07) is 5.54. The number of halogens is 1. The summed E-state index contributed by atoms with van der Waals surface area (Å²) in [5, 5.41) is 0.507. The maximum atomic E-state index is 5.95. The van der Waals surface area contributed by atoms with Crippen LogP contribution >= 0.6 is 11.6 Å². The summed E-state index contributed by atoms with van der Waals surface area (Å²) in [5.74, 6) is 0.506. The van der Waals surface area contributed by atoms with Crippen LogP contribution < -0.4 is 10.5 Å². The lowest BCUT2D eigenvalue weighted by Gasteiger charge is -2.07. The van der Waals surface area contributed by atoms with E-state index in [9.17, 15) is 0 Å². The van der Waals surface area contributed by atoms with Crippen molar-refractivity contribution in [3.8, 4) is 11.8 Å². The van der Waals surface area contributed by atoms with Gasteiger partial charge in [-0.05, 0) is 12.1 Å². The van der Waals surface area contributed by atoms with Crippen LogP contribution in [0.2, 0.25) is 5.02 Å². The fraction of sp³-hybridized carbons (Fsp3) is 0.100. The predicted octanol–water partition coefficient (Wildman–Crippen LogP) is 2.45. The second kappa shape index (κ2) is 3.82. The van der Waals surface area contributed by atoms with E-state index >= 15 is 0 Å². The van der Waals surface area contributed by atoms with E-state index in [1.807, 2.05) is 7.05 Å². The van der Waals surface area contributed by atoms with Crippen LogP contribution in [0.1, 0.15) is 0 Å². The topological polar surface area (TPSA) is 53.1 Å². The Labute approximate surface area is 92.2 Å². The second-order valence-electron chi connectivity index (χ2n) is 3.11. The molecule has 1 heterocycles. The molecule has 0 radical (unpaired) electrons. The zero-order valence-corrected chi connectivity index (χ0v) is 8.90. The summed E-state index contributed by atoms with van der Waals surface area (Å²) in [6.07, 6.45) is 3.44. The number of rotatable bonds is 2. The Balaban J connectivity index is 2.32. The number of aryl methyl sites for hydroxylation is 1. The van der Waals surface area contributed by atoms with Gasteiger partial charge in [-0.15, -0.1) is 0 Å². The third kappa shape index (κ3) is 2.05. The Morgan fingerprint density at radius 3 is 2.93 bits per heavy atom. The molecule has 0 aliphatic rings. The van der Waals surface area contributed by atoms with E-state index in [2.05, 4.69) is 4.98 Å². The van der Waals surface area contributed by atoms with E-state index in [4.69, 9.17) is 22.1 Å². The molecule has 2 rings (SSSR count). The van der Waals surface area contributed by atoms with Crippen LogP contribution in [-0.2, 0) is 7.05 Å². The first-order chi connectivity index (χ1) is 7.16. The van der Waals surface area contributed by atoms with Crippen molar-refractivity contribution in [2.24, 2.45) is 7.05 Å². The molecular formula is C10H10ClN3O. The number of nitrogen functional groups attached to an aromatic ring is 1. The molecule has 0 amide bonds. The molecule has 0 fully saturated rings. The number of ether oxygens (including phenoxy) is 1. The smallest absolute Gasteiger partial charge is 0.301 e. The molecule has 0 saturated heterocycles. The summed E-state index contributed by atoms with van der Waals surface area (Å²) in [7, 11) is 1.84. The Morgan fingerprint density at radius 1 is 1.47 bits per heavy atom. The van der Waals surface area contributed by atoms with E-state index in [-0.39, 0.29) is 0 Å². The van der Waals surface area contributed by atoms with Gasteiger partial charge in [-0.2, -0.15) is 0 Å². The molecule has 2 aromatic rings. The molecule has 4 nitrogen and oxygen atoms in total. The summed E-state index contributed by atoms with van der Waals surface area (Å²) in [4.78, 5) is 4.02. The fourth-order valence-corrected chi connectivity index (χ4v) is 1.30. The van der Waals surface area contributed by atoms with Crippen molar-refractivity contribution in [2.75, 3.05) is 5.73 Å². The largest absolute Gasteiger partial charge is 0.424 e. The summed E-state index contributed by atoms with van der Waals surface area (Å²) < 4.78 is 7.25. The van der Waals surface area contributed by atoms with Crippen LogP contribution in [-0.4, -0.2) is 9.55 Å². The van der Waals surface area contributed by atoms with Crippen LogP contribution in [0.3, 0.4) is 0 Å². The first-order valence-electron chi connectivity index (χ1n) is 4.37. The van der Waals surface area contributed by atoms with Crippen molar-refractivity contribution in [1.29, 1.82) is 0 Å². The number of nitrogens with two attached hydrogens (primary N) is 1. The van der Waals surface area contributed by atoms with E-state index in [1.165, 1.54) is 0 Å². The Morgan fingerprint density at radius 2 is 2.27 bits per heavy atom. The van der Waals surface area contributed by atoms with Crippen LogP contribution in [0, 0.1) is 0 Å². The van der Waals surface area contributed by atoms with Crippen molar-refractivity contribution in [2.45, 2.75) is 0 Å². The third-order valence-electron chi connectivity index (χ3n) is 1.93. The fourth-order valence-electron chi connectivity index (χ4n) is 1.15. The Kier molecular flexibility index (Phi) is 2.51. The molecule has 0 atom stereocenters. The molecule has 1 aromatic heterocycles. The second-order valence-corrected chi connectivity index (χ2v) is 3.52. The zero-order chi connectivity index (χ0) is 10.8. The van der Waals surface area contributed by atoms with Crippen molar-refractivity contribution < 1.29 is 4.74 Å². The van der Waals surface area contributed by atoms with E-state index in [0.29, 0.717) is 22.5 Å². The average molecular weight is 224 g/mol. The van der Waals surface area contributed by atoms with Gasteiger partial charge in [0.2, 0.25) is 0 Å². The highest BCUT2D eigenvalue weighted by molar-refractivity contribution is 6.32. The van der Waals surface area contributed by atoms with Gasteiger partial charge in [0, 0.05) is 31.2 Å². The van der Waals surface area contributed by atoms with Gasteiger partial charge >= 0.3 is 6.01 Å². The lowest BCUT2D eigenvalue weighted by Crippen LogP contribution is -1.95. The van der Waals surface area contributed by atoms with Crippen LogP contribution in [0.25, 0.3) is 0 Å². The molecule has 0 aliphatic carbocycles. The highest BCUT2D eigenvalue weighted by Gasteiger charge is 2.06. The van der Waals surface area contributed by atoms with Gasteiger partial charge in [-0.25, -0.2) is 4.98 Å². The van der Waals surface area contributed by atoms with Gasteiger partial charge in [0.05, 0.1) is 5.02 Å². The molecule has 0 saturated carbocycles. The number of benzene rings is 1. The Bertz CT molecular complexity index is 481.